The van der Waals surface area contributed by atoms with E-state index in [0.717, 1.165) is 33.5 Å². The molecule has 0 saturated heterocycles. The summed E-state index contributed by atoms with van der Waals surface area (Å²) in [5, 5.41) is 4.46. The van der Waals surface area contributed by atoms with Crippen molar-refractivity contribution < 1.29 is 13.7 Å². The second kappa shape index (κ2) is 13.3. The third-order valence-corrected chi connectivity index (χ3v) is 9.11. The van der Waals surface area contributed by atoms with E-state index >= 15 is 0 Å². The fourth-order valence-electron chi connectivity index (χ4n) is 5.17. The van der Waals surface area contributed by atoms with Gasteiger partial charge in [-0.25, -0.2) is 24.3 Å². The molecular weight excluding hydrogens is 564 g/mol. The van der Waals surface area contributed by atoms with Crippen LogP contribution in [0.1, 0.15) is 47.1 Å². The highest BCUT2D eigenvalue weighted by Crippen LogP contribution is 2.37. The molecule has 1 aliphatic heterocycles. The van der Waals surface area contributed by atoms with Gasteiger partial charge in [0.2, 0.25) is 11.8 Å². The van der Waals surface area contributed by atoms with Gasteiger partial charge >= 0.3 is 0 Å². The average molecular weight is 601 g/mol. The zero-order chi connectivity index (χ0) is 30.5. The number of anilines is 3. The number of ether oxygens (including phenoxy) is 1. The number of nitrogens with zero attached hydrogens (tertiary/aromatic N) is 5. The molecule has 1 aliphatic rings. The molecule has 2 aromatic heterocycles. The van der Waals surface area contributed by atoms with E-state index in [1.165, 1.54) is 12.4 Å². The number of hydrazine groups is 1. The fourth-order valence-corrected chi connectivity index (χ4v) is 6.40. The molecule has 3 heterocycles. The Morgan fingerprint density at radius 2 is 2.00 bits per heavy atom. The predicted molar refractivity (Wildman–Crippen MR) is 168 cm³/mol. The van der Waals surface area contributed by atoms with Crippen molar-refractivity contribution in [1.82, 2.24) is 19.3 Å². The first-order chi connectivity index (χ1) is 20.8. The molecule has 12 heteroatoms. The highest BCUT2D eigenvalue weighted by molar-refractivity contribution is 7.82. The Morgan fingerprint density at radius 3 is 2.77 bits per heavy atom. The molecule has 5 N–H and O–H groups in total. The molecule has 0 saturated carbocycles. The summed E-state index contributed by atoms with van der Waals surface area (Å²) in [6, 6.07) is 13.6. The average Bonchev–Trinajstić information content (AvgIpc) is 3.17. The Kier molecular flexibility index (Phi) is 9.29. The van der Waals surface area contributed by atoms with E-state index in [-0.39, 0.29) is 18.2 Å². The van der Waals surface area contributed by atoms with Crippen molar-refractivity contribution in [2.75, 3.05) is 35.8 Å². The summed E-state index contributed by atoms with van der Waals surface area (Å²) in [6.07, 6.45) is 6.36. The molecule has 4 aromatic rings. The van der Waals surface area contributed by atoms with E-state index in [1.54, 1.807) is 29.5 Å². The van der Waals surface area contributed by atoms with Crippen LogP contribution in [0.4, 0.5) is 17.2 Å². The van der Waals surface area contributed by atoms with Gasteiger partial charge in [0.05, 0.1) is 17.6 Å². The molecule has 0 aliphatic carbocycles. The minimum Gasteiger partial charge on any atom is -0.475 e. The van der Waals surface area contributed by atoms with Gasteiger partial charge in [0.1, 0.15) is 22.5 Å². The molecule has 0 bridgehead atoms. The van der Waals surface area contributed by atoms with E-state index in [1.807, 2.05) is 49.3 Å². The van der Waals surface area contributed by atoms with Crippen LogP contribution in [0.5, 0.6) is 5.88 Å². The maximum absolute atomic E-state index is 13.5. The van der Waals surface area contributed by atoms with E-state index in [9.17, 15) is 9.00 Å². The smallest absolute Gasteiger partial charge is 0.231 e. The Morgan fingerprint density at radius 1 is 1.16 bits per heavy atom. The lowest BCUT2D eigenvalue weighted by atomic mass is 9.83. The van der Waals surface area contributed by atoms with E-state index in [4.69, 9.17) is 16.3 Å². The Bertz CT molecular complexity index is 1640. The molecule has 224 valence electrons. The van der Waals surface area contributed by atoms with Crippen LogP contribution >= 0.6 is 0 Å². The zero-order valence-corrected chi connectivity index (χ0v) is 25.3. The monoisotopic (exact) mass is 600 g/mol. The van der Waals surface area contributed by atoms with Crippen molar-refractivity contribution in [1.29, 1.82) is 0 Å². The lowest BCUT2D eigenvalue weighted by Crippen LogP contribution is -2.31. The molecule has 0 spiro atoms. The predicted octanol–water partition coefficient (Wildman–Crippen LogP) is 3.85. The van der Waals surface area contributed by atoms with Gasteiger partial charge in [0.15, 0.2) is 5.82 Å². The van der Waals surface area contributed by atoms with E-state index < -0.39 is 11.0 Å². The molecule has 2 unspecified atom stereocenters. The number of carbonyl (C=O) groups excluding carboxylic acids is 1. The molecular formula is C31H36N8O3S. The Labute approximate surface area is 253 Å². The molecule has 2 aromatic carbocycles. The number of nitrogens with one attached hydrogen (secondary N) is 1. The van der Waals surface area contributed by atoms with Crippen molar-refractivity contribution in [3.8, 4) is 5.88 Å². The number of aryl methyl sites for hydroxylation is 1. The quantitative estimate of drug-likeness (QED) is 0.148. The number of pyridine rings is 1. The van der Waals surface area contributed by atoms with Crippen molar-refractivity contribution in [3.05, 3.63) is 95.1 Å². The SMILES string of the molecule is CCN(N)c1ccc(C(CC(=O)Nc2cnccn2)c2ccc(C)c(CN3CCOc4ncccc4S3=O)c2)c(C)c1N. The van der Waals surface area contributed by atoms with Gasteiger partial charge in [-0.3, -0.25) is 9.78 Å². The van der Waals surface area contributed by atoms with Crippen LogP contribution in [0.2, 0.25) is 0 Å². The number of aromatic nitrogens is 3. The topological polar surface area (TPSA) is 153 Å². The maximum atomic E-state index is 13.5. The maximum Gasteiger partial charge on any atom is 0.231 e. The largest absolute Gasteiger partial charge is 0.475 e. The van der Waals surface area contributed by atoms with Gasteiger partial charge in [0.25, 0.3) is 0 Å². The highest BCUT2D eigenvalue weighted by atomic mass is 32.2. The van der Waals surface area contributed by atoms with Crippen LogP contribution in [0.25, 0.3) is 0 Å². The summed E-state index contributed by atoms with van der Waals surface area (Å²) in [6.45, 7) is 7.81. The van der Waals surface area contributed by atoms with Crippen molar-refractivity contribution in [2.45, 2.75) is 44.6 Å². The molecule has 2 atom stereocenters. The van der Waals surface area contributed by atoms with Gasteiger partial charge in [-0.2, -0.15) is 0 Å². The van der Waals surface area contributed by atoms with E-state index in [0.29, 0.717) is 48.5 Å². The minimum atomic E-state index is -1.44. The summed E-state index contributed by atoms with van der Waals surface area (Å²) < 4.78 is 21.2. The first-order valence-corrected chi connectivity index (χ1v) is 15.2. The molecule has 11 nitrogen and oxygen atoms in total. The molecule has 0 fully saturated rings. The van der Waals surface area contributed by atoms with Gasteiger partial charge in [0, 0.05) is 50.6 Å². The van der Waals surface area contributed by atoms with Crippen molar-refractivity contribution in [2.24, 2.45) is 5.84 Å². The van der Waals surface area contributed by atoms with Gasteiger partial charge in [-0.1, -0.05) is 24.3 Å². The number of nitrogen functional groups attached to an aromatic ring is 1. The zero-order valence-electron chi connectivity index (χ0n) is 24.5. The molecule has 5 rings (SSSR count). The molecule has 43 heavy (non-hydrogen) atoms. The third kappa shape index (κ3) is 6.66. The molecule has 0 radical (unpaired) electrons. The standard InChI is InChI=1S/C31H36N8O3S/c1-4-39(33)26-10-9-24(21(3)30(26)32)25(17-29(40)37-28-18-34-12-13-35-28)22-8-7-20(2)23(16-22)19-38-14-15-42-31-27(43(38)41)6-5-11-36-31/h5-13,16,18,25H,4,14-15,17,19,32-33H2,1-3H3,(H,35,37,40). The number of benzene rings is 2. The molecule has 1 amide bonds. The van der Waals surface area contributed by atoms with E-state index in [2.05, 4.69) is 26.3 Å². The van der Waals surface area contributed by atoms with Crippen molar-refractivity contribution >= 4 is 34.1 Å². The Hall–Kier alpha value is -4.39. The first kappa shape index (κ1) is 30.1. The lowest BCUT2D eigenvalue weighted by molar-refractivity contribution is -0.116. The van der Waals surface area contributed by atoms with Crippen molar-refractivity contribution in [3.63, 3.8) is 0 Å². The summed E-state index contributed by atoms with van der Waals surface area (Å²) in [5.41, 5.74) is 12.6. The van der Waals surface area contributed by atoms with Crippen LogP contribution in [0.15, 0.2) is 72.1 Å². The summed E-state index contributed by atoms with van der Waals surface area (Å²) in [7, 11) is -1.44. The minimum absolute atomic E-state index is 0.140. The number of rotatable bonds is 9. The number of fused-ring (bicyclic) bond motifs is 1. The van der Waals surface area contributed by atoms with Crippen LogP contribution < -0.4 is 26.6 Å². The number of carbonyl (C=O) groups is 1. The first-order valence-electron chi connectivity index (χ1n) is 14.1. The summed E-state index contributed by atoms with van der Waals surface area (Å²) in [4.78, 5) is 26.4. The number of hydrogen-bond donors (Lipinski definition) is 3. The normalized spacial score (nSPS) is 15.6. The van der Waals surface area contributed by atoms with Gasteiger partial charge in [-0.05, 0) is 66.8 Å². The number of nitrogens with two attached hydrogens (primary N) is 2. The van der Waals surface area contributed by atoms with Crippen LogP contribution in [0.3, 0.4) is 0 Å². The second-order valence-electron chi connectivity index (χ2n) is 10.3. The van der Waals surface area contributed by atoms with Crippen LogP contribution in [-0.4, -0.2) is 49.1 Å². The second-order valence-corrected chi connectivity index (χ2v) is 11.8. The number of hydrogen-bond acceptors (Lipinski definition) is 9. The van der Waals surface area contributed by atoms with Crippen LogP contribution in [-0.2, 0) is 22.3 Å². The van der Waals surface area contributed by atoms with Gasteiger partial charge in [-0.15, -0.1) is 0 Å². The highest BCUT2D eigenvalue weighted by Gasteiger charge is 2.27. The lowest BCUT2D eigenvalue weighted by Gasteiger charge is -2.26. The Balaban J connectivity index is 1.50. The summed E-state index contributed by atoms with van der Waals surface area (Å²) >= 11 is 0. The number of amides is 1. The van der Waals surface area contributed by atoms with Crippen LogP contribution in [0, 0.1) is 13.8 Å². The summed E-state index contributed by atoms with van der Waals surface area (Å²) in [5.74, 6) is 6.42. The van der Waals surface area contributed by atoms with Gasteiger partial charge < -0.3 is 20.8 Å². The third-order valence-electron chi connectivity index (χ3n) is 7.64. The fraction of sp³-hybridized carbons (Fsp3) is 0.290.